The van der Waals surface area contributed by atoms with Crippen molar-refractivity contribution in [2.45, 2.75) is 57.5 Å². The fourth-order valence-electron chi connectivity index (χ4n) is 3.59. The van der Waals surface area contributed by atoms with E-state index in [-0.39, 0.29) is 16.9 Å². The van der Waals surface area contributed by atoms with Crippen molar-refractivity contribution in [2.24, 2.45) is 0 Å². The highest BCUT2D eigenvalue weighted by Gasteiger charge is 2.52. The van der Waals surface area contributed by atoms with Crippen LogP contribution in [0, 0.1) is 0 Å². The first-order valence-electron chi connectivity index (χ1n) is 8.23. The summed E-state index contributed by atoms with van der Waals surface area (Å²) in [7, 11) is 6.11. The van der Waals surface area contributed by atoms with Gasteiger partial charge in [-0.3, -0.25) is 4.79 Å². The fourth-order valence-corrected chi connectivity index (χ4v) is 3.59. The third-order valence-electron chi connectivity index (χ3n) is 5.23. The van der Waals surface area contributed by atoms with Crippen LogP contribution in [0.2, 0.25) is 0 Å². The molecule has 1 saturated carbocycles. The van der Waals surface area contributed by atoms with E-state index in [1.165, 1.54) is 16.7 Å². The van der Waals surface area contributed by atoms with Gasteiger partial charge in [-0.1, -0.05) is 32.9 Å². The van der Waals surface area contributed by atoms with Crippen molar-refractivity contribution in [3.8, 4) is 0 Å². The van der Waals surface area contributed by atoms with Crippen molar-refractivity contribution in [3.05, 3.63) is 34.4 Å². The Balaban J connectivity index is 2.16. The molecule has 3 heteroatoms. The minimum Gasteiger partial charge on any atom is -0.336 e. The summed E-state index contributed by atoms with van der Waals surface area (Å²) in [5.74, 6) is 0.219. The summed E-state index contributed by atoms with van der Waals surface area (Å²) in [6, 6.07) is 4.54. The molecule has 3 rings (SSSR count). The summed E-state index contributed by atoms with van der Waals surface area (Å²) in [4.78, 5) is 17.1. The summed E-state index contributed by atoms with van der Waals surface area (Å²) in [5.41, 5.74) is 4.98. The number of carbonyl (C=O) groups excluding carboxylic acids is 1. The topological polar surface area (TPSA) is 23.6 Å². The molecular weight excluding hydrogens is 272 g/mol. The number of nitrogens with zero attached hydrogens (tertiary/aromatic N) is 2. The second kappa shape index (κ2) is 4.82. The van der Waals surface area contributed by atoms with E-state index in [9.17, 15) is 4.79 Å². The molecular formula is C19H28N2O. The van der Waals surface area contributed by atoms with Gasteiger partial charge in [-0.2, -0.15) is 0 Å². The Morgan fingerprint density at radius 3 is 2.36 bits per heavy atom. The van der Waals surface area contributed by atoms with Crippen LogP contribution in [0.3, 0.4) is 0 Å². The van der Waals surface area contributed by atoms with Crippen molar-refractivity contribution in [3.63, 3.8) is 0 Å². The van der Waals surface area contributed by atoms with Crippen LogP contribution in [0.1, 0.15) is 60.7 Å². The number of rotatable bonds is 2. The minimum atomic E-state index is 0.110. The molecule has 3 nitrogen and oxygen atoms in total. The van der Waals surface area contributed by atoms with Crippen LogP contribution in [0.25, 0.3) is 0 Å². The number of hydrogen-bond donors (Lipinski definition) is 0. The van der Waals surface area contributed by atoms with Gasteiger partial charge in [0.1, 0.15) is 0 Å². The van der Waals surface area contributed by atoms with E-state index in [4.69, 9.17) is 0 Å². The third kappa shape index (κ3) is 2.45. The van der Waals surface area contributed by atoms with Crippen molar-refractivity contribution < 1.29 is 4.79 Å². The summed E-state index contributed by atoms with van der Waals surface area (Å²) >= 11 is 0. The van der Waals surface area contributed by atoms with Gasteiger partial charge in [0, 0.05) is 24.7 Å². The van der Waals surface area contributed by atoms with Gasteiger partial charge in [-0.15, -0.1) is 0 Å². The second-order valence-corrected chi connectivity index (χ2v) is 8.42. The summed E-state index contributed by atoms with van der Waals surface area (Å²) in [6.07, 6.45) is 3.32. The molecule has 0 N–H and O–H groups in total. The number of amides is 1. The lowest BCUT2D eigenvalue weighted by molar-refractivity contribution is 0.0678. The van der Waals surface area contributed by atoms with Gasteiger partial charge in [0.2, 0.25) is 0 Å². The SMILES string of the molecule is CN(C)Cc1cc(C(C)(C)C)cc2c1C(=O)N(C)C1(CC1)C2. The maximum Gasteiger partial charge on any atom is 0.254 e. The molecule has 1 spiro atoms. The fraction of sp³-hybridized carbons (Fsp3) is 0.632. The zero-order chi connectivity index (χ0) is 16.3. The van der Waals surface area contributed by atoms with Gasteiger partial charge in [0.25, 0.3) is 5.91 Å². The van der Waals surface area contributed by atoms with Crippen molar-refractivity contribution in [1.82, 2.24) is 9.80 Å². The molecule has 2 aliphatic rings. The lowest BCUT2D eigenvalue weighted by atomic mass is 9.80. The molecule has 0 saturated heterocycles. The number of benzene rings is 1. The van der Waals surface area contributed by atoms with Crippen LogP contribution in [-0.2, 0) is 18.4 Å². The summed E-state index contributed by atoms with van der Waals surface area (Å²) in [5, 5.41) is 0. The number of likely N-dealkylation sites (N-methyl/N-ethyl adjacent to an activating group) is 1. The molecule has 1 heterocycles. The van der Waals surface area contributed by atoms with Gasteiger partial charge in [-0.05, 0) is 55.5 Å². The van der Waals surface area contributed by atoms with E-state index in [1.807, 2.05) is 11.9 Å². The average Bonchev–Trinajstić information content (AvgIpc) is 3.14. The Kier molecular flexibility index (Phi) is 3.41. The van der Waals surface area contributed by atoms with Crippen molar-refractivity contribution in [2.75, 3.05) is 21.1 Å². The highest BCUT2D eigenvalue weighted by Crippen LogP contribution is 2.48. The highest BCUT2D eigenvalue weighted by atomic mass is 16.2. The standard InChI is InChI=1S/C19H28N2O/c1-18(2,3)15-9-13-11-19(7-8-19)21(6)17(22)16(13)14(10-15)12-20(4)5/h9-10H,7-8,11-12H2,1-6H3. The van der Waals surface area contributed by atoms with Crippen LogP contribution in [0.5, 0.6) is 0 Å². The zero-order valence-electron chi connectivity index (χ0n) is 14.8. The van der Waals surface area contributed by atoms with Gasteiger partial charge in [0.15, 0.2) is 0 Å². The second-order valence-electron chi connectivity index (χ2n) is 8.42. The molecule has 0 aromatic heterocycles. The molecule has 1 aliphatic heterocycles. The Morgan fingerprint density at radius 2 is 1.86 bits per heavy atom. The van der Waals surface area contributed by atoms with E-state index in [0.29, 0.717) is 0 Å². The maximum absolute atomic E-state index is 12.9. The predicted molar refractivity (Wildman–Crippen MR) is 90.3 cm³/mol. The van der Waals surface area contributed by atoms with E-state index in [0.717, 1.165) is 31.4 Å². The Morgan fingerprint density at radius 1 is 1.23 bits per heavy atom. The van der Waals surface area contributed by atoms with Crippen molar-refractivity contribution in [1.29, 1.82) is 0 Å². The van der Waals surface area contributed by atoms with E-state index in [1.54, 1.807) is 0 Å². The molecule has 1 amide bonds. The monoisotopic (exact) mass is 300 g/mol. The smallest absolute Gasteiger partial charge is 0.254 e. The molecule has 0 radical (unpaired) electrons. The van der Waals surface area contributed by atoms with Gasteiger partial charge in [-0.25, -0.2) is 0 Å². The molecule has 0 atom stereocenters. The molecule has 0 unspecified atom stereocenters. The quantitative estimate of drug-likeness (QED) is 0.837. The molecule has 0 bridgehead atoms. The van der Waals surface area contributed by atoms with Crippen LogP contribution < -0.4 is 0 Å². The number of carbonyl (C=O) groups is 1. The molecule has 1 aliphatic carbocycles. The lowest BCUT2D eigenvalue weighted by Gasteiger charge is -2.37. The summed E-state index contributed by atoms with van der Waals surface area (Å²) in [6.45, 7) is 7.56. The van der Waals surface area contributed by atoms with E-state index in [2.05, 4.69) is 51.9 Å². The third-order valence-corrected chi connectivity index (χ3v) is 5.23. The van der Waals surface area contributed by atoms with Gasteiger partial charge in [0.05, 0.1) is 0 Å². The number of hydrogen-bond acceptors (Lipinski definition) is 2. The Labute approximate surface area is 134 Å². The van der Waals surface area contributed by atoms with E-state index >= 15 is 0 Å². The van der Waals surface area contributed by atoms with Crippen molar-refractivity contribution >= 4 is 5.91 Å². The van der Waals surface area contributed by atoms with Gasteiger partial charge < -0.3 is 9.80 Å². The molecule has 1 aromatic rings. The molecule has 1 fully saturated rings. The van der Waals surface area contributed by atoms with Crippen LogP contribution in [-0.4, -0.2) is 42.4 Å². The molecule has 22 heavy (non-hydrogen) atoms. The predicted octanol–water partition coefficient (Wildman–Crippen LogP) is 3.21. The molecule has 120 valence electrons. The van der Waals surface area contributed by atoms with Crippen LogP contribution >= 0.6 is 0 Å². The van der Waals surface area contributed by atoms with Crippen LogP contribution in [0.15, 0.2) is 12.1 Å². The largest absolute Gasteiger partial charge is 0.336 e. The highest BCUT2D eigenvalue weighted by molar-refractivity contribution is 5.99. The van der Waals surface area contributed by atoms with E-state index < -0.39 is 0 Å². The maximum atomic E-state index is 12.9. The van der Waals surface area contributed by atoms with Crippen LogP contribution in [0.4, 0.5) is 0 Å². The summed E-state index contributed by atoms with van der Waals surface area (Å²) < 4.78 is 0. The van der Waals surface area contributed by atoms with Gasteiger partial charge >= 0.3 is 0 Å². The minimum absolute atomic E-state index is 0.110. The first-order chi connectivity index (χ1) is 10.1. The number of fused-ring (bicyclic) bond motifs is 1. The first-order valence-corrected chi connectivity index (χ1v) is 8.23. The lowest BCUT2D eigenvalue weighted by Crippen LogP contribution is -2.45. The zero-order valence-corrected chi connectivity index (χ0v) is 14.8. The Hall–Kier alpha value is -1.35. The molecule has 1 aromatic carbocycles. The average molecular weight is 300 g/mol. The normalized spacial score (nSPS) is 19.8. The Bertz CT molecular complexity index is 604. The first kappa shape index (κ1) is 15.5.